The van der Waals surface area contributed by atoms with E-state index < -0.39 is 0 Å². The lowest BCUT2D eigenvalue weighted by molar-refractivity contribution is 0.482. The van der Waals surface area contributed by atoms with E-state index in [1.807, 2.05) is 0 Å². The zero-order valence-electron chi connectivity index (χ0n) is 16.9. The predicted octanol–water partition coefficient (Wildman–Crippen LogP) is 8.22. The highest BCUT2D eigenvalue weighted by Crippen LogP contribution is 2.59. The Morgan fingerprint density at radius 3 is 1.86 bits per heavy atom. The van der Waals surface area contributed by atoms with Crippen LogP contribution >= 0.6 is 8.07 Å². The van der Waals surface area contributed by atoms with Crippen LogP contribution in [0.1, 0.15) is 64.2 Å². The second-order valence-electron chi connectivity index (χ2n) is 8.73. The SMILES string of the molecule is c1ccc(-c2cc3ccccc3n2P(C2CCCCC2)C2CCCCC2)cc1. The van der Waals surface area contributed by atoms with Crippen LogP contribution in [0.15, 0.2) is 60.7 Å². The van der Waals surface area contributed by atoms with Crippen LogP contribution in [-0.4, -0.2) is 15.7 Å². The fourth-order valence-corrected chi connectivity index (χ4v) is 9.41. The topological polar surface area (TPSA) is 4.93 Å². The van der Waals surface area contributed by atoms with E-state index in [4.69, 9.17) is 0 Å². The van der Waals surface area contributed by atoms with Gasteiger partial charge in [-0.15, -0.1) is 0 Å². The predicted molar refractivity (Wildman–Crippen MR) is 123 cm³/mol. The summed E-state index contributed by atoms with van der Waals surface area (Å²) in [4.78, 5) is 0. The van der Waals surface area contributed by atoms with E-state index in [1.165, 1.54) is 86.4 Å². The molecule has 2 heteroatoms. The van der Waals surface area contributed by atoms with Crippen LogP contribution in [0, 0.1) is 0 Å². The van der Waals surface area contributed by atoms with Crippen LogP contribution in [0.2, 0.25) is 0 Å². The lowest BCUT2D eigenvalue weighted by Gasteiger charge is -2.40. The molecule has 2 fully saturated rings. The molecule has 28 heavy (non-hydrogen) atoms. The molecule has 0 aliphatic heterocycles. The molecule has 0 amide bonds. The molecule has 2 aromatic carbocycles. The molecule has 0 bridgehead atoms. The Kier molecular flexibility index (Phi) is 5.54. The van der Waals surface area contributed by atoms with Crippen LogP contribution in [0.4, 0.5) is 0 Å². The standard InChI is InChI=1S/C26H32NP/c1-4-12-21(13-5-1)26-20-22-14-10-11-19-25(22)27(26)28(23-15-6-2-7-16-23)24-17-8-3-9-18-24/h1,4-5,10-14,19-20,23-24H,2-3,6-9,15-18H2. The molecule has 1 heterocycles. The number of rotatable bonds is 4. The van der Waals surface area contributed by atoms with Gasteiger partial charge in [0.15, 0.2) is 0 Å². The van der Waals surface area contributed by atoms with Gasteiger partial charge >= 0.3 is 0 Å². The Balaban J connectivity index is 1.68. The molecule has 0 N–H and O–H groups in total. The van der Waals surface area contributed by atoms with Crippen LogP contribution in [0.3, 0.4) is 0 Å². The highest BCUT2D eigenvalue weighted by Gasteiger charge is 2.34. The molecule has 1 nitrogen and oxygen atoms in total. The van der Waals surface area contributed by atoms with E-state index in [0.29, 0.717) is 0 Å². The zero-order valence-corrected chi connectivity index (χ0v) is 17.8. The van der Waals surface area contributed by atoms with Gasteiger partial charge in [-0.3, -0.25) is 0 Å². The first-order chi connectivity index (χ1) is 13.9. The Labute approximate surface area is 171 Å². The van der Waals surface area contributed by atoms with Gasteiger partial charge in [0.25, 0.3) is 0 Å². The number of nitrogens with zero attached hydrogens (tertiary/aromatic N) is 1. The number of benzene rings is 2. The van der Waals surface area contributed by atoms with Gasteiger partial charge in [0.05, 0.1) is 11.2 Å². The van der Waals surface area contributed by atoms with Crippen molar-refractivity contribution in [2.45, 2.75) is 75.5 Å². The second kappa shape index (κ2) is 8.42. The van der Waals surface area contributed by atoms with Crippen molar-refractivity contribution in [3.05, 3.63) is 60.7 Å². The molecule has 5 rings (SSSR count). The van der Waals surface area contributed by atoms with Crippen LogP contribution in [0.25, 0.3) is 22.2 Å². The minimum Gasteiger partial charge on any atom is -0.318 e. The van der Waals surface area contributed by atoms with Crippen molar-refractivity contribution in [1.29, 1.82) is 0 Å². The number of hydrogen-bond donors (Lipinski definition) is 0. The first kappa shape index (κ1) is 18.4. The third kappa shape index (κ3) is 3.55. The Morgan fingerprint density at radius 2 is 1.21 bits per heavy atom. The van der Waals surface area contributed by atoms with E-state index in [2.05, 4.69) is 65.0 Å². The van der Waals surface area contributed by atoms with Gasteiger partial charge in [-0.2, -0.15) is 0 Å². The molecule has 3 aromatic rings. The Bertz CT molecular complexity index is 883. The van der Waals surface area contributed by atoms with Crippen molar-refractivity contribution in [3.63, 3.8) is 0 Å². The molecule has 0 radical (unpaired) electrons. The lowest BCUT2D eigenvalue weighted by atomic mass is 10.00. The smallest absolute Gasteiger partial charge is 0.0527 e. The highest BCUT2D eigenvalue weighted by molar-refractivity contribution is 7.58. The Morgan fingerprint density at radius 1 is 0.643 bits per heavy atom. The van der Waals surface area contributed by atoms with E-state index in [0.717, 1.165) is 11.3 Å². The summed E-state index contributed by atoms with van der Waals surface area (Å²) in [7, 11) is -0.183. The molecular weight excluding hydrogens is 357 g/mol. The van der Waals surface area contributed by atoms with Gasteiger partial charge in [-0.1, -0.05) is 87.1 Å². The normalized spacial score (nSPS) is 19.5. The summed E-state index contributed by atoms with van der Waals surface area (Å²) < 4.78 is 2.85. The van der Waals surface area contributed by atoms with Gasteiger partial charge in [-0.05, 0) is 54.7 Å². The summed E-state index contributed by atoms with van der Waals surface area (Å²) in [5.74, 6) is 0. The van der Waals surface area contributed by atoms with Crippen LogP contribution in [-0.2, 0) is 0 Å². The molecule has 0 unspecified atom stereocenters. The van der Waals surface area contributed by atoms with E-state index >= 15 is 0 Å². The summed E-state index contributed by atoms with van der Waals surface area (Å²) in [5, 5.41) is 1.42. The Hall–Kier alpha value is -1.59. The number of aromatic nitrogens is 1. The largest absolute Gasteiger partial charge is 0.318 e. The van der Waals surface area contributed by atoms with Crippen molar-refractivity contribution < 1.29 is 0 Å². The minimum atomic E-state index is -0.183. The first-order valence-electron chi connectivity index (χ1n) is 11.4. The summed E-state index contributed by atoms with van der Waals surface area (Å²) in [5.41, 5.74) is 6.14. The summed E-state index contributed by atoms with van der Waals surface area (Å²) in [6, 6.07) is 22.7. The van der Waals surface area contributed by atoms with Crippen LogP contribution < -0.4 is 0 Å². The molecule has 0 spiro atoms. The van der Waals surface area contributed by atoms with Gasteiger partial charge < -0.3 is 4.34 Å². The summed E-state index contributed by atoms with van der Waals surface area (Å²) in [6.07, 6.45) is 14.4. The van der Waals surface area contributed by atoms with Gasteiger partial charge in [0.2, 0.25) is 0 Å². The molecule has 2 aliphatic carbocycles. The molecule has 1 aromatic heterocycles. The average molecular weight is 390 g/mol. The molecule has 146 valence electrons. The van der Waals surface area contributed by atoms with Gasteiger partial charge in [0, 0.05) is 13.5 Å². The zero-order chi connectivity index (χ0) is 18.8. The van der Waals surface area contributed by atoms with Crippen molar-refractivity contribution in [2.75, 3.05) is 0 Å². The van der Waals surface area contributed by atoms with Gasteiger partial charge in [0.1, 0.15) is 0 Å². The maximum absolute atomic E-state index is 2.85. The fraction of sp³-hybridized carbons (Fsp3) is 0.462. The third-order valence-electron chi connectivity index (χ3n) is 6.88. The van der Waals surface area contributed by atoms with E-state index in [1.54, 1.807) is 0 Å². The second-order valence-corrected chi connectivity index (χ2v) is 11.4. The molecule has 0 atom stereocenters. The fourth-order valence-electron chi connectivity index (χ4n) is 5.52. The molecule has 0 saturated heterocycles. The number of fused-ring (bicyclic) bond motifs is 1. The minimum absolute atomic E-state index is 0.183. The first-order valence-corrected chi connectivity index (χ1v) is 12.8. The maximum atomic E-state index is 2.85. The van der Waals surface area contributed by atoms with E-state index in [-0.39, 0.29) is 8.07 Å². The molecular formula is C26H32NP. The van der Waals surface area contributed by atoms with Crippen molar-refractivity contribution in [3.8, 4) is 11.3 Å². The summed E-state index contributed by atoms with van der Waals surface area (Å²) >= 11 is 0. The molecule has 2 aliphatic rings. The summed E-state index contributed by atoms with van der Waals surface area (Å²) in [6.45, 7) is 0. The number of hydrogen-bond acceptors (Lipinski definition) is 0. The van der Waals surface area contributed by atoms with Crippen molar-refractivity contribution in [2.24, 2.45) is 0 Å². The monoisotopic (exact) mass is 389 g/mol. The third-order valence-corrected chi connectivity index (χ3v) is 10.3. The lowest BCUT2D eigenvalue weighted by Crippen LogP contribution is -2.24. The maximum Gasteiger partial charge on any atom is 0.0527 e. The van der Waals surface area contributed by atoms with Crippen LogP contribution in [0.5, 0.6) is 0 Å². The van der Waals surface area contributed by atoms with Gasteiger partial charge in [-0.25, -0.2) is 0 Å². The highest BCUT2D eigenvalue weighted by atomic mass is 31.1. The molecule has 2 saturated carbocycles. The number of para-hydroxylation sites is 1. The van der Waals surface area contributed by atoms with E-state index in [9.17, 15) is 0 Å². The van der Waals surface area contributed by atoms with Crippen molar-refractivity contribution >= 4 is 19.0 Å². The van der Waals surface area contributed by atoms with Crippen molar-refractivity contribution in [1.82, 2.24) is 4.34 Å². The quantitative estimate of drug-likeness (QED) is 0.396. The average Bonchev–Trinajstić information content (AvgIpc) is 3.16.